The van der Waals surface area contributed by atoms with Crippen molar-refractivity contribution < 1.29 is 49.8 Å². The van der Waals surface area contributed by atoms with Crippen LogP contribution in [-0.2, 0) is 90.6 Å². The third kappa shape index (κ3) is 10.3. The highest BCUT2D eigenvalue weighted by atomic mass is 32.2. The van der Waals surface area contributed by atoms with Gasteiger partial charge < -0.3 is 33.9 Å². The number of sulfone groups is 2. The van der Waals surface area contributed by atoms with Crippen molar-refractivity contribution in [3.8, 4) is 0 Å². The number of rotatable bonds is 14. The number of carbonyl (C=O) groups excluding carboxylic acids is 1. The van der Waals surface area contributed by atoms with E-state index in [-0.39, 0.29) is 46.3 Å². The summed E-state index contributed by atoms with van der Waals surface area (Å²) in [6.07, 6.45) is 1.70. The van der Waals surface area contributed by atoms with E-state index in [1.165, 1.54) is 19.1 Å². The molecule has 4 heterocycles. The second-order valence-corrected chi connectivity index (χ2v) is 18.8. The Morgan fingerprint density at radius 3 is 1.54 bits per heavy atom. The van der Waals surface area contributed by atoms with Gasteiger partial charge in [0.15, 0.2) is 19.7 Å². The fraction of sp³-hybridized carbons (Fsp3) is 0.293. The van der Waals surface area contributed by atoms with E-state index < -0.39 is 33.9 Å². The summed E-state index contributed by atoms with van der Waals surface area (Å²) in [6, 6.07) is 19.9. The SMILES string of the molecule is CCc1nnc(Cc2cc(CC(C)=O)ccc2S(=O)(=O)Cc2ccc3c(c2)B(O)OC3)o1.CCc1nnc(Cc2cc(N)ccc2S(=O)(=O)Cc2ccc3c(c2)B(O)OC3)o1. The van der Waals surface area contributed by atoms with Gasteiger partial charge in [0.25, 0.3) is 0 Å². The average Bonchev–Trinajstić information content (AvgIpc) is 4.03. The van der Waals surface area contributed by atoms with Gasteiger partial charge in [-0.25, -0.2) is 16.8 Å². The van der Waals surface area contributed by atoms with Gasteiger partial charge >= 0.3 is 14.2 Å². The molecule has 2 aliphatic heterocycles. The van der Waals surface area contributed by atoms with E-state index in [0.29, 0.717) is 88.5 Å². The lowest BCUT2D eigenvalue weighted by Gasteiger charge is -2.12. The molecule has 4 N–H and O–H groups in total. The molecule has 0 atom stereocenters. The lowest BCUT2D eigenvalue weighted by Crippen LogP contribution is -2.28. The van der Waals surface area contributed by atoms with E-state index in [1.807, 2.05) is 13.8 Å². The summed E-state index contributed by atoms with van der Waals surface area (Å²) in [7, 11) is -9.49. The number of aromatic nitrogens is 4. The number of aryl methyl sites for hydroxylation is 2. The standard InChI is InChI=1S/C22H23BN2O6S.C19H20BN3O5S/c1-3-21-24-25-22(31-21)11-18-9-15(8-14(2)26)5-7-20(18)32(28,29)13-16-4-6-17-12-30-23(27)19(17)10-16;1-2-18-22-23-19(28-18)9-14-8-15(21)5-6-17(14)29(25,26)11-12-3-4-13-10-27-20(24)16(13)7-12/h4-7,9-10,27H,3,8,11-13H2,1-2H3;3-8,24H,2,9-11,21H2,1H3. The highest BCUT2D eigenvalue weighted by Crippen LogP contribution is 2.27. The van der Waals surface area contributed by atoms with Gasteiger partial charge in [0.1, 0.15) is 5.78 Å². The second-order valence-electron chi connectivity index (χ2n) is 14.8. The normalized spacial score (nSPS) is 13.5. The minimum atomic E-state index is -3.74. The van der Waals surface area contributed by atoms with Crippen molar-refractivity contribution >= 4 is 56.3 Å². The zero-order chi connectivity index (χ0) is 43.5. The van der Waals surface area contributed by atoms with Gasteiger partial charge in [-0.15, -0.1) is 20.4 Å². The molecule has 6 aromatic rings. The molecule has 20 heteroatoms. The predicted molar refractivity (Wildman–Crippen MR) is 224 cm³/mol. The van der Waals surface area contributed by atoms with Crippen molar-refractivity contribution in [1.29, 1.82) is 0 Å². The van der Waals surface area contributed by atoms with Crippen molar-refractivity contribution in [3.05, 3.63) is 135 Å². The molecule has 0 aliphatic carbocycles. The third-order valence-corrected chi connectivity index (χ3v) is 13.7. The Hall–Kier alpha value is -5.50. The maximum Gasteiger partial charge on any atom is 0.491 e. The van der Waals surface area contributed by atoms with Gasteiger partial charge in [-0.05, 0) is 81.1 Å². The van der Waals surface area contributed by atoms with Crippen LogP contribution in [0.1, 0.15) is 83.3 Å². The quantitative estimate of drug-likeness (QED) is 0.105. The Morgan fingerprint density at radius 2 is 1.08 bits per heavy atom. The molecule has 0 saturated carbocycles. The molecule has 16 nitrogen and oxygen atoms in total. The van der Waals surface area contributed by atoms with Crippen LogP contribution in [0, 0.1) is 0 Å². The molecule has 0 fully saturated rings. The summed E-state index contributed by atoms with van der Waals surface area (Å²) in [4.78, 5) is 11.9. The fourth-order valence-electron chi connectivity index (χ4n) is 7.15. The summed E-state index contributed by atoms with van der Waals surface area (Å²) in [5, 5.41) is 35.7. The molecule has 2 aliphatic rings. The first-order valence-electron chi connectivity index (χ1n) is 19.5. The molecule has 0 saturated heterocycles. The first kappa shape index (κ1) is 43.6. The molecule has 0 spiro atoms. The van der Waals surface area contributed by atoms with E-state index in [1.54, 1.807) is 60.7 Å². The maximum atomic E-state index is 13.4. The van der Waals surface area contributed by atoms with E-state index in [2.05, 4.69) is 20.4 Å². The highest BCUT2D eigenvalue weighted by molar-refractivity contribution is 7.91. The van der Waals surface area contributed by atoms with Crippen molar-refractivity contribution in [3.63, 3.8) is 0 Å². The summed E-state index contributed by atoms with van der Waals surface area (Å²) in [5.41, 5.74) is 12.1. The first-order valence-corrected chi connectivity index (χ1v) is 22.8. The number of fused-ring (bicyclic) bond motifs is 2. The molecule has 0 bridgehead atoms. The largest absolute Gasteiger partial charge is 0.491 e. The van der Waals surface area contributed by atoms with Crippen LogP contribution in [0.5, 0.6) is 0 Å². The summed E-state index contributed by atoms with van der Waals surface area (Å²) < 4.78 is 74.5. The Labute approximate surface area is 353 Å². The zero-order valence-electron chi connectivity index (χ0n) is 33.7. The number of nitrogen functional groups attached to an aromatic ring is 1. The predicted octanol–water partition coefficient (Wildman–Crippen LogP) is 2.54. The number of hydrogen-bond donors (Lipinski definition) is 3. The monoisotopic (exact) mass is 867 g/mol. The molecular formula is C41H43B2N5O11S2. The Morgan fingerprint density at radius 1 is 0.639 bits per heavy atom. The summed E-state index contributed by atoms with van der Waals surface area (Å²) in [6.45, 7) is 5.89. The average molecular weight is 868 g/mol. The van der Waals surface area contributed by atoms with Crippen molar-refractivity contribution in [1.82, 2.24) is 20.4 Å². The number of ketones is 1. The molecule has 8 rings (SSSR count). The number of hydrogen-bond acceptors (Lipinski definition) is 16. The van der Waals surface area contributed by atoms with Crippen molar-refractivity contribution in [2.75, 3.05) is 5.73 Å². The molecule has 316 valence electrons. The fourth-order valence-corrected chi connectivity index (χ4v) is 10.3. The summed E-state index contributed by atoms with van der Waals surface area (Å²) in [5.74, 6) is 1.15. The van der Waals surface area contributed by atoms with Gasteiger partial charge in [-0.1, -0.05) is 62.4 Å². The number of anilines is 1. The molecule has 0 unspecified atom stereocenters. The van der Waals surface area contributed by atoms with Gasteiger partial charge in [0.2, 0.25) is 23.6 Å². The van der Waals surface area contributed by atoms with Crippen LogP contribution in [0.25, 0.3) is 0 Å². The molecule has 4 aromatic carbocycles. The molecule has 0 radical (unpaired) electrons. The van der Waals surface area contributed by atoms with E-state index in [9.17, 15) is 31.7 Å². The topological polar surface area (TPSA) is 248 Å². The molecule has 0 amide bonds. The summed E-state index contributed by atoms with van der Waals surface area (Å²) >= 11 is 0. The van der Waals surface area contributed by atoms with Crippen molar-refractivity contribution in [2.24, 2.45) is 0 Å². The number of nitrogens with zero attached hydrogens (tertiary/aromatic N) is 4. The van der Waals surface area contributed by atoms with Gasteiger partial charge in [-0.3, -0.25) is 4.79 Å². The minimum Gasteiger partial charge on any atom is -0.425 e. The smallest absolute Gasteiger partial charge is 0.425 e. The number of Topliss-reactive ketones (excluding diaryl/α,β-unsaturated/α-hetero) is 1. The number of nitrogens with two attached hydrogens (primary N) is 1. The van der Waals surface area contributed by atoms with Gasteiger partial charge in [-0.2, -0.15) is 0 Å². The number of benzene rings is 4. The second kappa shape index (κ2) is 18.2. The highest BCUT2D eigenvalue weighted by Gasteiger charge is 2.30. The number of carbonyl (C=O) groups is 1. The lowest BCUT2D eigenvalue weighted by atomic mass is 9.79. The third-order valence-electron chi connectivity index (χ3n) is 10.1. The molecule has 2 aromatic heterocycles. The Balaban J connectivity index is 0.000000185. The van der Waals surface area contributed by atoms with Crippen LogP contribution in [0.2, 0.25) is 0 Å². The van der Waals surface area contributed by atoms with E-state index in [4.69, 9.17) is 23.9 Å². The molecule has 61 heavy (non-hydrogen) atoms. The van der Waals surface area contributed by atoms with Gasteiger partial charge in [0.05, 0.1) is 47.4 Å². The van der Waals surface area contributed by atoms with Crippen LogP contribution >= 0.6 is 0 Å². The minimum absolute atomic E-state index is 0.0171. The maximum absolute atomic E-state index is 13.4. The van der Waals surface area contributed by atoms with E-state index >= 15 is 0 Å². The Kier molecular flexibility index (Phi) is 13.0. The van der Waals surface area contributed by atoms with Crippen LogP contribution in [0.3, 0.4) is 0 Å². The lowest BCUT2D eigenvalue weighted by molar-refractivity contribution is -0.116. The van der Waals surface area contributed by atoms with Crippen LogP contribution < -0.4 is 16.7 Å². The van der Waals surface area contributed by atoms with Crippen LogP contribution in [0.15, 0.2) is 91.4 Å². The van der Waals surface area contributed by atoms with E-state index in [0.717, 1.165) is 16.7 Å². The zero-order valence-corrected chi connectivity index (χ0v) is 35.3. The Bertz CT molecular complexity index is 2810. The van der Waals surface area contributed by atoms with Crippen molar-refractivity contribution in [2.45, 2.75) is 87.4 Å². The van der Waals surface area contributed by atoms with Crippen LogP contribution in [-0.4, -0.2) is 67.3 Å². The van der Waals surface area contributed by atoms with Gasteiger partial charge in [0, 0.05) is 24.9 Å². The van der Waals surface area contributed by atoms with Crippen LogP contribution in [0.4, 0.5) is 5.69 Å². The first-order chi connectivity index (χ1) is 29.1. The molecular weight excluding hydrogens is 824 g/mol.